The quantitative estimate of drug-likeness (QED) is 0.896. The summed E-state index contributed by atoms with van der Waals surface area (Å²) in [4.78, 5) is 0. The van der Waals surface area contributed by atoms with Crippen molar-refractivity contribution >= 4 is 0 Å². The Labute approximate surface area is 122 Å². The van der Waals surface area contributed by atoms with Gasteiger partial charge in [-0.2, -0.15) is 0 Å². The standard InChI is InChI=1S/C18H27NO/c1-15-7-3-4-8-16(15)13-19-14-17-9-12-18(20-17)10-5-2-6-11-18/h3-4,7-8,17,19H,2,5-6,9-14H2,1H3. The van der Waals surface area contributed by atoms with Gasteiger partial charge < -0.3 is 10.1 Å². The van der Waals surface area contributed by atoms with Crippen molar-refractivity contribution in [3.05, 3.63) is 35.4 Å². The molecule has 1 aliphatic heterocycles. The Hall–Kier alpha value is -0.860. The van der Waals surface area contributed by atoms with Crippen molar-refractivity contribution in [3.63, 3.8) is 0 Å². The van der Waals surface area contributed by atoms with Gasteiger partial charge in [0, 0.05) is 13.1 Å². The summed E-state index contributed by atoms with van der Waals surface area (Å²) in [6.07, 6.45) is 9.67. The van der Waals surface area contributed by atoms with Crippen LogP contribution in [-0.2, 0) is 11.3 Å². The summed E-state index contributed by atoms with van der Waals surface area (Å²) in [5.41, 5.74) is 3.03. The maximum absolute atomic E-state index is 6.40. The van der Waals surface area contributed by atoms with Crippen molar-refractivity contribution in [1.29, 1.82) is 0 Å². The molecule has 1 aromatic carbocycles. The Morgan fingerprint density at radius 1 is 1.15 bits per heavy atom. The molecule has 110 valence electrons. The van der Waals surface area contributed by atoms with Crippen LogP contribution in [0, 0.1) is 6.92 Å². The Bertz CT molecular complexity index is 437. The van der Waals surface area contributed by atoms with Crippen LogP contribution >= 0.6 is 0 Å². The second-order valence-corrected chi connectivity index (χ2v) is 6.58. The molecule has 3 rings (SSSR count). The van der Waals surface area contributed by atoms with E-state index in [9.17, 15) is 0 Å². The number of hydrogen-bond acceptors (Lipinski definition) is 2. The van der Waals surface area contributed by atoms with E-state index in [1.165, 1.54) is 56.1 Å². The molecule has 1 heterocycles. The summed E-state index contributed by atoms with van der Waals surface area (Å²) in [6.45, 7) is 4.13. The fraction of sp³-hybridized carbons (Fsp3) is 0.667. The van der Waals surface area contributed by atoms with Crippen LogP contribution in [0.3, 0.4) is 0 Å². The highest BCUT2D eigenvalue weighted by Gasteiger charge is 2.40. The van der Waals surface area contributed by atoms with E-state index in [2.05, 4.69) is 36.5 Å². The fourth-order valence-electron chi connectivity index (χ4n) is 3.78. The first-order valence-electron chi connectivity index (χ1n) is 8.20. The summed E-state index contributed by atoms with van der Waals surface area (Å²) < 4.78 is 6.40. The van der Waals surface area contributed by atoms with Crippen molar-refractivity contribution < 1.29 is 4.74 Å². The second-order valence-electron chi connectivity index (χ2n) is 6.58. The molecule has 0 bridgehead atoms. The second kappa shape index (κ2) is 6.28. The molecule has 1 N–H and O–H groups in total. The minimum absolute atomic E-state index is 0.257. The largest absolute Gasteiger partial charge is 0.370 e. The average molecular weight is 273 g/mol. The molecule has 1 saturated carbocycles. The van der Waals surface area contributed by atoms with Crippen molar-refractivity contribution in [2.24, 2.45) is 0 Å². The van der Waals surface area contributed by atoms with E-state index in [1.807, 2.05) is 0 Å². The van der Waals surface area contributed by atoms with Gasteiger partial charge in [-0.25, -0.2) is 0 Å². The number of hydrogen-bond donors (Lipinski definition) is 1. The number of rotatable bonds is 4. The molecule has 1 spiro atoms. The maximum atomic E-state index is 6.40. The van der Waals surface area contributed by atoms with Gasteiger partial charge in [-0.15, -0.1) is 0 Å². The first-order chi connectivity index (χ1) is 9.77. The van der Waals surface area contributed by atoms with Crippen LogP contribution in [-0.4, -0.2) is 18.2 Å². The molecule has 2 heteroatoms. The minimum atomic E-state index is 0.257. The molecular weight excluding hydrogens is 246 g/mol. The van der Waals surface area contributed by atoms with E-state index in [-0.39, 0.29) is 5.60 Å². The smallest absolute Gasteiger partial charge is 0.0708 e. The maximum Gasteiger partial charge on any atom is 0.0708 e. The van der Waals surface area contributed by atoms with Gasteiger partial charge >= 0.3 is 0 Å². The summed E-state index contributed by atoms with van der Waals surface area (Å²) in [6, 6.07) is 8.61. The Morgan fingerprint density at radius 2 is 1.95 bits per heavy atom. The Kier molecular flexibility index (Phi) is 4.42. The molecule has 1 aromatic rings. The number of nitrogens with one attached hydrogen (secondary N) is 1. The van der Waals surface area contributed by atoms with Gasteiger partial charge in [0.05, 0.1) is 11.7 Å². The zero-order valence-electron chi connectivity index (χ0n) is 12.7. The van der Waals surface area contributed by atoms with Crippen LogP contribution in [0.15, 0.2) is 24.3 Å². The van der Waals surface area contributed by atoms with Crippen LogP contribution in [0.5, 0.6) is 0 Å². The zero-order chi connectivity index (χ0) is 13.8. The molecule has 0 radical (unpaired) electrons. The molecule has 1 atom stereocenters. The lowest BCUT2D eigenvalue weighted by molar-refractivity contribution is -0.0624. The SMILES string of the molecule is Cc1ccccc1CNCC1CCC2(CCCCC2)O1. The monoisotopic (exact) mass is 273 g/mol. The zero-order valence-corrected chi connectivity index (χ0v) is 12.7. The number of aryl methyl sites for hydroxylation is 1. The molecule has 2 fully saturated rings. The van der Waals surface area contributed by atoms with Gasteiger partial charge in [-0.1, -0.05) is 43.5 Å². The topological polar surface area (TPSA) is 21.3 Å². The first-order valence-corrected chi connectivity index (χ1v) is 8.20. The van der Waals surface area contributed by atoms with Crippen molar-refractivity contribution in [1.82, 2.24) is 5.32 Å². The highest BCUT2D eigenvalue weighted by molar-refractivity contribution is 5.25. The predicted molar refractivity (Wildman–Crippen MR) is 82.8 cm³/mol. The van der Waals surface area contributed by atoms with Crippen LogP contribution in [0.1, 0.15) is 56.1 Å². The van der Waals surface area contributed by atoms with Crippen LogP contribution in [0.4, 0.5) is 0 Å². The van der Waals surface area contributed by atoms with E-state index >= 15 is 0 Å². The molecule has 2 aliphatic rings. The minimum Gasteiger partial charge on any atom is -0.370 e. The molecule has 20 heavy (non-hydrogen) atoms. The summed E-state index contributed by atoms with van der Waals surface area (Å²) in [7, 11) is 0. The molecule has 1 saturated heterocycles. The van der Waals surface area contributed by atoms with E-state index in [0.29, 0.717) is 6.10 Å². The average Bonchev–Trinajstić information content (AvgIpc) is 2.85. The number of ether oxygens (including phenoxy) is 1. The summed E-state index contributed by atoms with van der Waals surface area (Å²) in [5.74, 6) is 0. The Morgan fingerprint density at radius 3 is 2.75 bits per heavy atom. The highest BCUT2D eigenvalue weighted by Crippen LogP contribution is 2.41. The lowest BCUT2D eigenvalue weighted by atomic mass is 9.83. The first kappa shape index (κ1) is 14.1. The van der Waals surface area contributed by atoms with E-state index < -0.39 is 0 Å². The Balaban J connectivity index is 1.45. The highest BCUT2D eigenvalue weighted by atomic mass is 16.5. The fourth-order valence-corrected chi connectivity index (χ4v) is 3.78. The molecule has 0 amide bonds. The molecule has 1 aliphatic carbocycles. The van der Waals surface area contributed by atoms with E-state index in [1.54, 1.807) is 0 Å². The van der Waals surface area contributed by atoms with Crippen molar-refractivity contribution in [2.45, 2.75) is 70.1 Å². The van der Waals surface area contributed by atoms with Crippen LogP contribution < -0.4 is 5.32 Å². The third-order valence-corrected chi connectivity index (χ3v) is 5.05. The van der Waals surface area contributed by atoms with Crippen LogP contribution in [0.2, 0.25) is 0 Å². The van der Waals surface area contributed by atoms with E-state index in [4.69, 9.17) is 4.74 Å². The summed E-state index contributed by atoms with van der Waals surface area (Å²) >= 11 is 0. The number of benzene rings is 1. The summed E-state index contributed by atoms with van der Waals surface area (Å²) in [5, 5.41) is 3.58. The van der Waals surface area contributed by atoms with E-state index in [0.717, 1.165) is 13.1 Å². The van der Waals surface area contributed by atoms with Gasteiger partial charge in [0.25, 0.3) is 0 Å². The third kappa shape index (κ3) is 3.24. The van der Waals surface area contributed by atoms with Crippen molar-refractivity contribution in [3.8, 4) is 0 Å². The van der Waals surface area contributed by atoms with Gasteiger partial charge in [-0.05, 0) is 43.7 Å². The van der Waals surface area contributed by atoms with Crippen LogP contribution in [0.25, 0.3) is 0 Å². The van der Waals surface area contributed by atoms with Gasteiger partial charge in [-0.3, -0.25) is 0 Å². The molecule has 1 unspecified atom stereocenters. The van der Waals surface area contributed by atoms with Crippen molar-refractivity contribution in [2.75, 3.05) is 6.54 Å². The predicted octanol–water partition coefficient (Wildman–Crippen LogP) is 3.97. The lowest BCUT2D eigenvalue weighted by Crippen LogP contribution is -2.34. The molecule has 2 nitrogen and oxygen atoms in total. The molecule has 0 aromatic heterocycles. The lowest BCUT2D eigenvalue weighted by Gasteiger charge is -2.33. The molecular formula is C18H27NO. The van der Waals surface area contributed by atoms with Gasteiger partial charge in [0.1, 0.15) is 0 Å². The third-order valence-electron chi connectivity index (χ3n) is 5.05. The normalized spacial score (nSPS) is 25.1. The van der Waals surface area contributed by atoms with Gasteiger partial charge in [0.15, 0.2) is 0 Å². The van der Waals surface area contributed by atoms with Gasteiger partial charge in [0.2, 0.25) is 0 Å².